The van der Waals surface area contributed by atoms with Gasteiger partial charge in [-0.3, -0.25) is 24.0 Å². The minimum absolute atomic E-state index is 0.208. The number of carbonyl (C=O) groups excluding carboxylic acids is 5. The molecule has 9 aromatic rings. The molecule has 0 unspecified atom stereocenters. The van der Waals surface area contributed by atoms with Gasteiger partial charge >= 0.3 is 0 Å². The van der Waals surface area contributed by atoms with E-state index in [0.29, 0.717) is 73.0 Å². The third-order valence-corrected chi connectivity index (χ3v) is 11.6. The van der Waals surface area contributed by atoms with Crippen LogP contribution in [0.15, 0.2) is 191 Å². The smallest absolute Gasteiger partial charge is 0.255 e. The van der Waals surface area contributed by atoms with E-state index < -0.39 is 0 Å². The molecule has 2 aliphatic rings. The largest absolute Gasteiger partial charge is 0.435 e. The van der Waals surface area contributed by atoms with Crippen LogP contribution in [0.2, 0.25) is 0 Å². The monoisotopic (exact) mass is 830 g/mol. The second-order valence-corrected chi connectivity index (χ2v) is 15.4. The highest BCUT2D eigenvalue weighted by molar-refractivity contribution is 6.31. The maximum absolute atomic E-state index is 13.5. The summed E-state index contributed by atoms with van der Waals surface area (Å²) in [4.78, 5) is 70.5. The average Bonchev–Trinajstić information content (AvgIpc) is 3.79. The van der Waals surface area contributed by atoms with Gasteiger partial charge in [0.15, 0.2) is 28.7 Å². The van der Waals surface area contributed by atoms with Crippen molar-refractivity contribution in [3.8, 4) is 33.7 Å². The van der Waals surface area contributed by atoms with Crippen molar-refractivity contribution in [1.29, 1.82) is 0 Å². The summed E-state index contributed by atoms with van der Waals surface area (Å²) in [5, 5.41) is 11.7. The van der Waals surface area contributed by atoms with Crippen LogP contribution in [0.5, 0.6) is 0 Å². The number of oxazole rings is 1. The summed E-state index contributed by atoms with van der Waals surface area (Å²) < 4.78 is 6.16. The molecular formula is C54H30N4O6. The number of benzene rings is 8. The van der Waals surface area contributed by atoms with Crippen molar-refractivity contribution in [3.63, 3.8) is 0 Å². The maximum Gasteiger partial charge on any atom is 0.255 e. The van der Waals surface area contributed by atoms with Gasteiger partial charge in [-0.15, -0.1) is 0 Å². The van der Waals surface area contributed by atoms with Crippen molar-refractivity contribution in [2.45, 2.75) is 0 Å². The van der Waals surface area contributed by atoms with Gasteiger partial charge in [0.2, 0.25) is 5.89 Å². The van der Waals surface area contributed by atoms with E-state index in [1.54, 1.807) is 91.0 Å². The molecular weight excluding hydrogens is 801 g/mol. The normalized spacial score (nSPS) is 12.8. The van der Waals surface area contributed by atoms with E-state index in [1.165, 1.54) is 0 Å². The lowest BCUT2D eigenvalue weighted by Gasteiger charge is -2.18. The van der Waals surface area contributed by atoms with Crippen LogP contribution in [0.1, 0.15) is 74.0 Å². The van der Waals surface area contributed by atoms with E-state index in [4.69, 9.17) is 4.42 Å². The molecule has 0 aliphatic heterocycles. The number of fused-ring (bicyclic) bond motifs is 6. The molecule has 302 valence electrons. The zero-order chi connectivity index (χ0) is 43.5. The highest BCUT2D eigenvalue weighted by Gasteiger charge is 2.33. The van der Waals surface area contributed by atoms with Crippen LogP contribution >= 0.6 is 0 Å². The topological polar surface area (TPSA) is 148 Å². The molecule has 0 fully saturated rings. The summed E-state index contributed by atoms with van der Waals surface area (Å²) >= 11 is 0. The van der Waals surface area contributed by atoms with E-state index in [1.807, 2.05) is 84.9 Å². The van der Waals surface area contributed by atoms with Gasteiger partial charge in [-0.1, -0.05) is 97.1 Å². The number of nitrogens with zero attached hydrogens (tertiary/aromatic N) is 3. The Hall–Kier alpha value is -9.02. The summed E-state index contributed by atoms with van der Waals surface area (Å²) in [6, 6.07) is 52.0. The standard InChI is InChI=1S/C54H30N4O6/c59-48-39-5-1-2-6-40(39)50(61)45-29-38(25-26-43(45)48)55-53(63)34-13-9-30(10-14-34)32-17-21-36(22-18-32)57-58-37-23-19-33(20-24-37)31-11-15-35(16-12-31)54-56-46-28-27-44-47(52(46)64-54)51(62)42-8-4-3-7-41(42)49(44)60/h1-29H,(H,55,63). The second-order valence-electron chi connectivity index (χ2n) is 15.4. The summed E-state index contributed by atoms with van der Waals surface area (Å²) in [7, 11) is 0. The van der Waals surface area contributed by atoms with Crippen molar-refractivity contribution in [2.75, 3.05) is 5.32 Å². The van der Waals surface area contributed by atoms with Crippen LogP contribution in [-0.4, -0.2) is 34.0 Å². The Bertz CT molecular complexity index is 3480. The molecule has 0 atom stereocenters. The maximum atomic E-state index is 13.5. The summed E-state index contributed by atoms with van der Waals surface area (Å²) in [5.41, 5.74) is 10.2. The summed E-state index contributed by atoms with van der Waals surface area (Å²) in [6.45, 7) is 0. The lowest BCUT2D eigenvalue weighted by atomic mass is 9.84. The number of aromatic nitrogens is 1. The lowest BCUT2D eigenvalue weighted by Crippen LogP contribution is -2.21. The van der Waals surface area contributed by atoms with Gasteiger partial charge in [0.25, 0.3) is 5.91 Å². The van der Waals surface area contributed by atoms with Crippen LogP contribution in [0.4, 0.5) is 17.1 Å². The summed E-state index contributed by atoms with van der Waals surface area (Å²) in [6.07, 6.45) is 0. The molecule has 10 nitrogen and oxygen atoms in total. The molecule has 0 bridgehead atoms. The fourth-order valence-electron chi connectivity index (χ4n) is 8.25. The van der Waals surface area contributed by atoms with E-state index in [0.717, 1.165) is 27.8 Å². The van der Waals surface area contributed by atoms with Crippen LogP contribution in [-0.2, 0) is 0 Å². The Morgan fingerprint density at radius 1 is 0.438 bits per heavy atom. The first-order chi connectivity index (χ1) is 31.3. The van der Waals surface area contributed by atoms with Crippen molar-refractivity contribution in [2.24, 2.45) is 10.2 Å². The first-order valence-electron chi connectivity index (χ1n) is 20.4. The molecule has 0 radical (unpaired) electrons. The van der Waals surface area contributed by atoms with Crippen molar-refractivity contribution >= 4 is 57.2 Å². The third kappa shape index (κ3) is 6.54. The van der Waals surface area contributed by atoms with Crippen molar-refractivity contribution in [1.82, 2.24) is 4.98 Å². The van der Waals surface area contributed by atoms with E-state index >= 15 is 0 Å². The number of nitrogens with one attached hydrogen (secondary N) is 1. The Morgan fingerprint density at radius 3 is 1.44 bits per heavy atom. The molecule has 0 spiro atoms. The first kappa shape index (κ1) is 37.9. The summed E-state index contributed by atoms with van der Waals surface area (Å²) in [5.74, 6) is -0.908. The molecule has 8 aromatic carbocycles. The Balaban J connectivity index is 0.723. The number of rotatable bonds is 7. The highest BCUT2D eigenvalue weighted by Crippen LogP contribution is 2.36. The Morgan fingerprint density at radius 2 is 0.875 bits per heavy atom. The number of hydrogen-bond donors (Lipinski definition) is 1. The van der Waals surface area contributed by atoms with Crippen LogP contribution in [0, 0.1) is 0 Å². The molecule has 64 heavy (non-hydrogen) atoms. The Kier molecular flexibility index (Phi) is 8.99. The number of azo groups is 1. The Labute approximate surface area is 364 Å². The molecule has 1 heterocycles. The number of amides is 1. The lowest BCUT2D eigenvalue weighted by molar-refractivity contribution is 0.0979. The van der Waals surface area contributed by atoms with Crippen LogP contribution in [0.3, 0.4) is 0 Å². The first-order valence-corrected chi connectivity index (χ1v) is 20.4. The molecule has 1 N–H and O–H groups in total. The predicted octanol–water partition coefficient (Wildman–Crippen LogP) is 12.0. The molecule has 1 amide bonds. The van der Waals surface area contributed by atoms with Crippen LogP contribution < -0.4 is 5.32 Å². The van der Waals surface area contributed by atoms with Gasteiger partial charge in [-0.05, 0) is 101 Å². The van der Waals surface area contributed by atoms with Gasteiger partial charge in [0, 0.05) is 55.8 Å². The van der Waals surface area contributed by atoms with Crippen molar-refractivity contribution in [3.05, 3.63) is 226 Å². The molecule has 11 rings (SSSR count). The molecule has 1 aromatic heterocycles. The number of ketones is 4. The second kappa shape index (κ2) is 15.2. The SMILES string of the molecule is O=C(Nc1ccc2c(c1)C(=O)c1ccccc1C2=O)c1ccc(-c2ccc(N=Nc3ccc(-c4ccc(-c5nc6ccc7c(c6o5)C(=O)c5ccccc5C7=O)cc4)cc3)cc2)cc1. The minimum atomic E-state index is -0.341. The highest BCUT2D eigenvalue weighted by atomic mass is 16.3. The van der Waals surface area contributed by atoms with E-state index in [-0.39, 0.29) is 40.2 Å². The van der Waals surface area contributed by atoms with Gasteiger partial charge in [0.1, 0.15) is 5.52 Å². The molecule has 0 saturated heterocycles. The fourth-order valence-corrected chi connectivity index (χ4v) is 8.25. The zero-order valence-electron chi connectivity index (χ0n) is 33.5. The van der Waals surface area contributed by atoms with Gasteiger partial charge in [-0.25, -0.2) is 4.98 Å². The number of hydrogen-bond acceptors (Lipinski definition) is 9. The van der Waals surface area contributed by atoms with Crippen LogP contribution in [0.25, 0.3) is 44.8 Å². The fraction of sp³-hybridized carbons (Fsp3) is 0. The van der Waals surface area contributed by atoms with E-state index in [9.17, 15) is 24.0 Å². The molecule has 2 aliphatic carbocycles. The van der Waals surface area contributed by atoms with E-state index in [2.05, 4.69) is 20.5 Å². The number of anilines is 1. The average molecular weight is 831 g/mol. The zero-order valence-corrected chi connectivity index (χ0v) is 33.5. The van der Waals surface area contributed by atoms with Gasteiger partial charge in [0.05, 0.1) is 16.9 Å². The third-order valence-electron chi connectivity index (χ3n) is 11.6. The van der Waals surface area contributed by atoms with Gasteiger partial charge in [-0.2, -0.15) is 10.2 Å². The van der Waals surface area contributed by atoms with Crippen molar-refractivity contribution < 1.29 is 28.4 Å². The predicted molar refractivity (Wildman–Crippen MR) is 242 cm³/mol. The molecule has 0 saturated carbocycles. The number of carbonyl (C=O) groups is 5. The minimum Gasteiger partial charge on any atom is -0.435 e. The molecule has 10 heteroatoms. The van der Waals surface area contributed by atoms with Gasteiger partial charge < -0.3 is 9.73 Å². The quantitative estimate of drug-likeness (QED) is 0.157.